The molecule has 0 fully saturated rings. The third-order valence-corrected chi connectivity index (χ3v) is 3.05. The molecule has 0 saturated carbocycles. The van der Waals surface area contributed by atoms with Gasteiger partial charge in [0.2, 0.25) is 0 Å². The zero-order valence-corrected chi connectivity index (χ0v) is 9.94. The lowest BCUT2D eigenvalue weighted by Crippen LogP contribution is -1.85. The molecular formula is C12H10N2O2S. The number of pyridine rings is 1. The quantitative estimate of drug-likeness (QED) is 0.845. The Hall–Kier alpha value is -2.01. The van der Waals surface area contributed by atoms with Gasteiger partial charge in [-0.1, -0.05) is 0 Å². The van der Waals surface area contributed by atoms with Gasteiger partial charge in [0.1, 0.15) is 5.01 Å². The number of carboxylic acid groups (broad SMARTS) is 1. The Labute approximate surface area is 102 Å². The van der Waals surface area contributed by atoms with Crippen molar-refractivity contribution in [3.05, 3.63) is 40.5 Å². The third kappa shape index (κ3) is 2.76. The van der Waals surface area contributed by atoms with Gasteiger partial charge in [0, 0.05) is 28.9 Å². The van der Waals surface area contributed by atoms with Gasteiger partial charge in [-0.3, -0.25) is 4.98 Å². The molecule has 2 heterocycles. The zero-order valence-electron chi connectivity index (χ0n) is 9.12. The molecule has 0 spiro atoms. The van der Waals surface area contributed by atoms with Crippen molar-refractivity contribution in [2.75, 3.05) is 0 Å². The number of nitrogens with zero attached hydrogens (tertiary/aromatic N) is 2. The largest absolute Gasteiger partial charge is 0.478 e. The normalized spacial score (nSPS) is 10.9. The molecule has 2 rings (SSSR count). The summed E-state index contributed by atoms with van der Waals surface area (Å²) >= 11 is 1.46. The maximum Gasteiger partial charge on any atom is 0.328 e. The molecule has 0 radical (unpaired) electrons. The molecule has 0 bridgehead atoms. The van der Waals surface area contributed by atoms with Crippen LogP contribution in [-0.2, 0) is 4.79 Å². The summed E-state index contributed by atoms with van der Waals surface area (Å²) in [7, 11) is 0. The van der Waals surface area contributed by atoms with Gasteiger partial charge in [-0.25, -0.2) is 9.78 Å². The molecule has 2 aromatic heterocycles. The predicted octanol–water partition coefficient (Wildman–Crippen LogP) is 2.61. The average Bonchev–Trinajstić information content (AvgIpc) is 2.69. The Morgan fingerprint density at radius 2 is 2.35 bits per heavy atom. The molecule has 0 aliphatic rings. The van der Waals surface area contributed by atoms with E-state index in [0.29, 0.717) is 5.01 Å². The van der Waals surface area contributed by atoms with Gasteiger partial charge in [-0.15, -0.1) is 11.3 Å². The molecule has 0 saturated heterocycles. The maximum atomic E-state index is 10.4. The molecule has 1 N–H and O–H groups in total. The first-order valence-electron chi connectivity index (χ1n) is 4.95. The third-order valence-electron chi connectivity index (χ3n) is 2.12. The molecule has 5 heteroatoms. The number of carbonyl (C=O) groups is 1. The molecule has 0 aliphatic carbocycles. The van der Waals surface area contributed by atoms with Crippen molar-refractivity contribution in [1.29, 1.82) is 0 Å². The first-order chi connectivity index (χ1) is 8.16. The monoisotopic (exact) mass is 246 g/mol. The van der Waals surface area contributed by atoms with Crippen LogP contribution in [0.2, 0.25) is 0 Å². The first kappa shape index (κ1) is 11.5. The summed E-state index contributed by atoms with van der Waals surface area (Å²) in [6, 6.07) is 3.78. The fraction of sp³-hybridized carbons (Fsp3) is 0.0833. The van der Waals surface area contributed by atoms with Crippen LogP contribution in [0.15, 0.2) is 30.6 Å². The highest BCUT2D eigenvalue weighted by Gasteiger charge is 2.08. The highest BCUT2D eigenvalue weighted by molar-refractivity contribution is 7.12. The van der Waals surface area contributed by atoms with Crippen molar-refractivity contribution >= 4 is 23.4 Å². The number of aromatic nitrogens is 2. The van der Waals surface area contributed by atoms with Crippen LogP contribution >= 0.6 is 11.3 Å². The van der Waals surface area contributed by atoms with Gasteiger partial charge in [0.25, 0.3) is 0 Å². The van der Waals surface area contributed by atoms with E-state index in [1.807, 2.05) is 19.1 Å². The Kier molecular flexibility index (Phi) is 3.30. The summed E-state index contributed by atoms with van der Waals surface area (Å²) in [5.74, 6) is -0.971. The molecular weight excluding hydrogens is 236 g/mol. The van der Waals surface area contributed by atoms with E-state index in [2.05, 4.69) is 9.97 Å². The second kappa shape index (κ2) is 4.88. The number of aryl methyl sites for hydroxylation is 1. The number of carboxylic acids is 1. The molecule has 0 aliphatic heterocycles. The summed E-state index contributed by atoms with van der Waals surface area (Å²) in [6.45, 7) is 1.96. The standard InChI is InChI=1S/C12H10N2O2S/c1-8-12(9-3-2-6-13-7-9)14-10(17-8)4-5-11(15)16/h2-7H,1H3,(H,15,16)/b5-4+. The first-order valence-corrected chi connectivity index (χ1v) is 5.77. The van der Waals surface area contributed by atoms with Crippen LogP contribution in [0, 0.1) is 6.92 Å². The van der Waals surface area contributed by atoms with E-state index in [0.717, 1.165) is 22.2 Å². The van der Waals surface area contributed by atoms with Crippen molar-refractivity contribution < 1.29 is 9.90 Å². The summed E-state index contributed by atoms with van der Waals surface area (Å²) < 4.78 is 0. The molecule has 17 heavy (non-hydrogen) atoms. The van der Waals surface area contributed by atoms with Crippen LogP contribution in [0.4, 0.5) is 0 Å². The zero-order chi connectivity index (χ0) is 12.3. The van der Waals surface area contributed by atoms with E-state index < -0.39 is 5.97 Å². The fourth-order valence-corrected chi connectivity index (χ4v) is 2.25. The van der Waals surface area contributed by atoms with Crippen LogP contribution < -0.4 is 0 Å². The van der Waals surface area contributed by atoms with Gasteiger partial charge in [-0.2, -0.15) is 0 Å². The van der Waals surface area contributed by atoms with Gasteiger partial charge >= 0.3 is 5.97 Å². The minimum atomic E-state index is -0.971. The fourth-order valence-electron chi connectivity index (χ4n) is 1.40. The molecule has 0 aromatic carbocycles. The van der Waals surface area contributed by atoms with Crippen LogP contribution in [-0.4, -0.2) is 21.0 Å². The topological polar surface area (TPSA) is 63.1 Å². The van der Waals surface area contributed by atoms with E-state index in [4.69, 9.17) is 5.11 Å². The van der Waals surface area contributed by atoms with Crippen molar-refractivity contribution in [2.45, 2.75) is 6.92 Å². The lowest BCUT2D eigenvalue weighted by Gasteiger charge is -1.95. The van der Waals surface area contributed by atoms with E-state index >= 15 is 0 Å². The van der Waals surface area contributed by atoms with Crippen molar-refractivity contribution in [3.8, 4) is 11.3 Å². The number of rotatable bonds is 3. The SMILES string of the molecule is Cc1sc(/C=C/C(=O)O)nc1-c1cccnc1. The van der Waals surface area contributed by atoms with Crippen LogP contribution in [0.1, 0.15) is 9.88 Å². The van der Waals surface area contributed by atoms with Crippen LogP contribution in [0.5, 0.6) is 0 Å². The van der Waals surface area contributed by atoms with E-state index in [-0.39, 0.29) is 0 Å². The van der Waals surface area contributed by atoms with Gasteiger partial charge in [0.15, 0.2) is 0 Å². The summed E-state index contributed by atoms with van der Waals surface area (Å²) in [6.07, 6.45) is 6.04. The minimum absolute atomic E-state index is 0.684. The van der Waals surface area contributed by atoms with Crippen molar-refractivity contribution in [1.82, 2.24) is 9.97 Å². The van der Waals surface area contributed by atoms with Gasteiger partial charge in [0.05, 0.1) is 5.69 Å². The summed E-state index contributed by atoms with van der Waals surface area (Å²) in [5.41, 5.74) is 1.80. The van der Waals surface area contributed by atoms with E-state index in [9.17, 15) is 4.79 Å². The average molecular weight is 246 g/mol. The minimum Gasteiger partial charge on any atom is -0.478 e. The highest BCUT2D eigenvalue weighted by Crippen LogP contribution is 2.27. The number of hydrogen-bond donors (Lipinski definition) is 1. The predicted molar refractivity (Wildman–Crippen MR) is 66.8 cm³/mol. The second-order valence-electron chi connectivity index (χ2n) is 3.37. The lowest BCUT2D eigenvalue weighted by molar-refractivity contribution is -0.131. The Bertz CT molecular complexity index is 561. The number of hydrogen-bond acceptors (Lipinski definition) is 4. The van der Waals surface area contributed by atoms with Crippen LogP contribution in [0.25, 0.3) is 17.3 Å². The Balaban J connectivity index is 2.35. The Morgan fingerprint density at radius 3 is 3.00 bits per heavy atom. The molecule has 86 valence electrons. The summed E-state index contributed by atoms with van der Waals surface area (Å²) in [5, 5.41) is 9.23. The number of thiazole rings is 1. The van der Waals surface area contributed by atoms with Crippen molar-refractivity contribution in [3.63, 3.8) is 0 Å². The molecule has 0 unspecified atom stereocenters. The smallest absolute Gasteiger partial charge is 0.328 e. The van der Waals surface area contributed by atoms with E-state index in [1.54, 1.807) is 12.4 Å². The van der Waals surface area contributed by atoms with Crippen LogP contribution in [0.3, 0.4) is 0 Å². The number of aliphatic carboxylic acids is 1. The van der Waals surface area contributed by atoms with Gasteiger partial charge < -0.3 is 5.11 Å². The lowest BCUT2D eigenvalue weighted by atomic mass is 10.2. The molecule has 2 aromatic rings. The Morgan fingerprint density at radius 1 is 1.53 bits per heavy atom. The van der Waals surface area contributed by atoms with E-state index in [1.165, 1.54) is 17.4 Å². The van der Waals surface area contributed by atoms with Crippen molar-refractivity contribution in [2.24, 2.45) is 0 Å². The second-order valence-corrected chi connectivity index (χ2v) is 4.60. The van der Waals surface area contributed by atoms with Gasteiger partial charge in [-0.05, 0) is 25.1 Å². The maximum absolute atomic E-state index is 10.4. The molecule has 0 amide bonds. The highest BCUT2D eigenvalue weighted by atomic mass is 32.1. The molecule has 4 nitrogen and oxygen atoms in total. The summed E-state index contributed by atoms with van der Waals surface area (Å²) in [4.78, 5) is 19.9. The molecule has 0 atom stereocenters.